The van der Waals surface area contributed by atoms with Crippen LogP contribution in [-0.4, -0.2) is 30.0 Å². The molecule has 0 aromatic carbocycles. The van der Waals surface area contributed by atoms with Crippen molar-refractivity contribution < 1.29 is 23.5 Å². The molecule has 0 bridgehead atoms. The second-order valence-electron chi connectivity index (χ2n) is 4.26. The van der Waals surface area contributed by atoms with Crippen molar-refractivity contribution in [3.05, 3.63) is 0 Å². The molecule has 1 rings (SSSR count). The molecule has 1 unspecified atom stereocenters. The van der Waals surface area contributed by atoms with Crippen molar-refractivity contribution in [3.63, 3.8) is 0 Å². The zero-order valence-electron chi connectivity index (χ0n) is 8.95. The smallest absolute Gasteiger partial charge is 0.307 e. The Labute approximate surface area is 92.0 Å². The fraction of sp³-hybridized carbons (Fsp3) is 0.800. The van der Waals surface area contributed by atoms with Gasteiger partial charge in [-0.2, -0.15) is 0 Å². The Morgan fingerprint density at radius 2 is 1.94 bits per heavy atom. The summed E-state index contributed by atoms with van der Waals surface area (Å²) in [6.07, 6.45) is -1.72. The lowest BCUT2D eigenvalue weighted by Gasteiger charge is -2.15. The van der Waals surface area contributed by atoms with Crippen molar-refractivity contribution in [3.8, 4) is 0 Å². The van der Waals surface area contributed by atoms with Crippen LogP contribution in [0.4, 0.5) is 8.78 Å². The molecule has 0 aromatic heterocycles. The molecule has 92 valence electrons. The number of carbonyl (C=O) groups excluding carboxylic acids is 1. The predicted molar refractivity (Wildman–Crippen MR) is 52.0 cm³/mol. The first-order chi connectivity index (χ1) is 7.41. The number of hydrogen-bond acceptors (Lipinski definition) is 2. The third-order valence-electron chi connectivity index (χ3n) is 2.88. The van der Waals surface area contributed by atoms with Gasteiger partial charge in [0.1, 0.15) is 0 Å². The number of carboxylic acid groups (broad SMARTS) is 1. The minimum atomic E-state index is -2.61. The van der Waals surface area contributed by atoms with E-state index in [1.807, 2.05) is 6.92 Å². The van der Waals surface area contributed by atoms with Gasteiger partial charge in [-0.25, -0.2) is 8.78 Å². The van der Waals surface area contributed by atoms with E-state index < -0.39 is 36.7 Å². The maximum absolute atomic E-state index is 11.9. The Kier molecular flexibility index (Phi) is 4.20. The van der Waals surface area contributed by atoms with E-state index in [2.05, 4.69) is 5.32 Å². The number of nitrogens with one attached hydrogen (secondary N) is 1. The summed E-state index contributed by atoms with van der Waals surface area (Å²) >= 11 is 0. The third-order valence-corrected chi connectivity index (χ3v) is 2.88. The first-order valence-electron chi connectivity index (χ1n) is 5.20. The molecule has 0 aliphatic heterocycles. The van der Waals surface area contributed by atoms with Gasteiger partial charge in [-0.05, 0) is 18.8 Å². The Hall–Kier alpha value is -1.20. The van der Waals surface area contributed by atoms with Crippen molar-refractivity contribution >= 4 is 11.9 Å². The lowest BCUT2D eigenvalue weighted by Crippen LogP contribution is -2.37. The minimum Gasteiger partial charge on any atom is -0.481 e. The summed E-state index contributed by atoms with van der Waals surface area (Å²) in [6, 6.07) is 0. The molecule has 4 nitrogen and oxygen atoms in total. The van der Waals surface area contributed by atoms with E-state index in [1.54, 1.807) is 0 Å². The third kappa shape index (κ3) is 3.15. The SMILES string of the molecule is CC1C[C@H](C(=O)NCC(F)F)[C@H](C(=O)O)C1. The number of carbonyl (C=O) groups is 2. The lowest BCUT2D eigenvalue weighted by molar-refractivity contribution is -0.146. The highest BCUT2D eigenvalue weighted by Gasteiger charge is 2.41. The second-order valence-corrected chi connectivity index (χ2v) is 4.26. The Bertz CT molecular complexity index is 283. The summed E-state index contributed by atoms with van der Waals surface area (Å²) in [5.41, 5.74) is 0. The molecule has 1 amide bonds. The van der Waals surface area contributed by atoms with E-state index in [-0.39, 0.29) is 5.92 Å². The topological polar surface area (TPSA) is 66.4 Å². The molecular formula is C10H15F2NO3. The van der Waals surface area contributed by atoms with E-state index >= 15 is 0 Å². The highest BCUT2D eigenvalue weighted by Crippen LogP contribution is 2.36. The molecule has 0 saturated heterocycles. The zero-order valence-corrected chi connectivity index (χ0v) is 8.95. The van der Waals surface area contributed by atoms with Gasteiger partial charge in [-0.3, -0.25) is 9.59 Å². The molecule has 0 radical (unpaired) electrons. The van der Waals surface area contributed by atoms with E-state index in [4.69, 9.17) is 5.11 Å². The van der Waals surface area contributed by atoms with Gasteiger partial charge in [0.2, 0.25) is 5.91 Å². The van der Waals surface area contributed by atoms with Crippen molar-refractivity contribution in [2.45, 2.75) is 26.2 Å². The summed E-state index contributed by atoms with van der Waals surface area (Å²) in [7, 11) is 0. The highest BCUT2D eigenvalue weighted by atomic mass is 19.3. The van der Waals surface area contributed by atoms with Gasteiger partial charge in [0, 0.05) is 0 Å². The molecule has 16 heavy (non-hydrogen) atoms. The van der Waals surface area contributed by atoms with E-state index in [9.17, 15) is 18.4 Å². The van der Waals surface area contributed by atoms with Crippen LogP contribution in [0.25, 0.3) is 0 Å². The number of amides is 1. The first-order valence-corrected chi connectivity index (χ1v) is 5.20. The zero-order chi connectivity index (χ0) is 12.3. The van der Waals surface area contributed by atoms with Crippen molar-refractivity contribution in [2.24, 2.45) is 17.8 Å². The van der Waals surface area contributed by atoms with E-state index in [0.29, 0.717) is 12.8 Å². The van der Waals surface area contributed by atoms with E-state index in [0.717, 1.165) is 0 Å². The van der Waals surface area contributed by atoms with Crippen LogP contribution in [0.1, 0.15) is 19.8 Å². The molecule has 1 fully saturated rings. The van der Waals surface area contributed by atoms with Crippen LogP contribution in [0, 0.1) is 17.8 Å². The van der Waals surface area contributed by atoms with Crippen LogP contribution in [-0.2, 0) is 9.59 Å². The summed E-state index contributed by atoms with van der Waals surface area (Å²) in [5.74, 6) is -2.87. The number of rotatable bonds is 4. The van der Waals surface area contributed by atoms with Gasteiger partial charge in [-0.15, -0.1) is 0 Å². The molecule has 3 atom stereocenters. The van der Waals surface area contributed by atoms with Gasteiger partial charge < -0.3 is 10.4 Å². The van der Waals surface area contributed by atoms with E-state index in [1.165, 1.54) is 0 Å². The Morgan fingerprint density at radius 1 is 1.38 bits per heavy atom. The Morgan fingerprint density at radius 3 is 2.44 bits per heavy atom. The molecule has 2 N–H and O–H groups in total. The molecule has 0 heterocycles. The lowest BCUT2D eigenvalue weighted by atomic mass is 9.95. The average molecular weight is 235 g/mol. The molecule has 1 aliphatic rings. The molecule has 0 aromatic rings. The second kappa shape index (κ2) is 5.23. The first kappa shape index (κ1) is 12.9. The normalized spacial score (nSPS) is 29.4. The quantitative estimate of drug-likeness (QED) is 0.767. The molecular weight excluding hydrogens is 220 g/mol. The summed E-state index contributed by atoms with van der Waals surface area (Å²) in [5, 5.41) is 11.0. The summed E-state index contributed by atoms with van der Waals surface area (Å²) in [6.45, 7) is 1.15. The summed E-state index contributed by atoms with van der Waals surface area (Å²) in [4.78, 5) is 22.4. The highest BCUT2D eigenvalue weighted by molar-refractivity contribution is 5.85. The van der Waals surface area contributed by atoms with Crippen molar-refractivity contribution in [1.29, 1.82) is 0 Å². The number of hydrogen-bond donors (Lipinski definition) is 2. The largest absolute Gasteiger partial charge is 0.481 e. The van der Waals surface area contributed by atoms with Crippen LogP contribution < -0.4 is 5.32 Å². The molecule has 0 spiro atoms. The van der Waals surface area contributed by atoms with Crippen LogP contribution in [0.15, 0.2) is 0 Å². The predicted octanol–water partition coefficient (Wildman–Crippen LogP) is 1.11. The average Bonchev–Trinajstić information content (AvgIpc) is 2.56. The number of carboxylic acids is 1. The van der Waals surface area contributed by atoms with Gasteiger partial charge in [0.25, 0.3) is 6.43 Å². The van der Waals surface area contributed by atoms with Gasteiger partial charge in [0.05, 0.1) is 18.4 Å². The minimum absolute atomic E-state index is 0.142. The van der Waals surface area contributed by atoms with Crippen LogP contribution >= 0.6 is 0 Å². The van der Waals surface area contributed by atoms with Gasteiger partial charge in [0.15, 0.2) is 0 Å². The number of halogens is 2. The molecule has 1 saturated carbocycles. The van der Waals surface area contributed by atoms with Gasteiger partial charge >= 0.3 is 5.97 Å². The van der Waals surface area contributed by atoms with Crippen LogP contribution in [0.3, 0.4) is 0 Å². The van der Waals surface area contributed by atoms with Gasteiger partial charge in [-0.1, -0.05) is 6.92 Å². The fourth-order valence-corrected chi connectivity index (χ4v) is 2.16. The molecule has 1 aliphatic carbocycles. The van der Waals surface area contributed by atoms with Crippen molar-refractivity contribution in [1.82, 2.24) is 5.32 Å². The summed E-state index contributed by atoms with van der Waals surface area (Å²) < 4.78 is 23.8. The standard InChI is InChI=1S/C10H15F2NO3/c1-5-2-6(7(3-5)10(15)16)9(14)13-4-8(11)12/h5-8H,2-4H2,1H3,(H,13,14)(H,15,16)/t5?,6-,7+/m0/s1. The number of alkyl halides is 2. The maximum atomic E-state index is 11.9. The number of aliphatic carboxylic acids is 1. The molecule has 6 heteroatoms. The fourth-order valence-electron chi connectivity index (χ4n) is 2.16. The monoisotopic (exact) mass is 235 g/mol. The van der Waals surface area contributed by atoms with Crippen LogP contribution in [0.2, 0.25) is 0 Å². The maximum Gasteiger partial charge on any atom is 0.307 e. The van der Waals surface area contributed by atoms with Crippen molar-refractivity contribution in [2.75, 3.05) is 6.54 Å². The Balaban J connectivity index is 2.56. The van der Waals surface area contributed by atoms with Crippen LogP contribution in [0.5, 0.6) is 0 Å².